The van der Waals surface area contributed by atoms with Crippen LogP contribution in [0.25, 0.3) is 32.3 Å². The van der Waals surface area contributed by atoms with Gasteiger partial charge in [0, 0.05) is 54.3 Å². The quantitative estimate of drug-likeness (QED) is 0.179. The largest absolute Gasteiger partial charge is 0.528 e. The van der Waals surface area contributed by atoms with E-state index in [2.05, 4.69) is 15.2 Å². The molecule has 0 unspecified atom stereocenters. The lowest BCUT2D eigenvalue weighted by atomic mass is 10.1. The molecule has 0 N–H and O–H groups in total. The summed E-state index contributed by atoms with van der Waals surface area (Å²) in [5.74, 6) is -1.44. The molecular formula is C33H32F2N6O4S. The first-order valence-electron chi connectivity index (χ1n) is 14.8. The highest BCUT2D eigenvalue weighted by Gasteiger charge is 2.26. The molecule has 1 aliphatic rings. The number of halogens is 2. The zero-order valence-electron chi connectivity index (χ0n) is 25.5. The van der Waals surface area contributed by atoms with Crippen LogP contribution in [0.1, 0.15) is 45.2 Å². The summed E-state index contributed by atoms with van der Waals surface area (Å²) in [5.41, 5.74) is 2.25. The zero-order valence-corrected chi connectivity index (χ0v) is 26.3. The Morgan fingerprint density at radius 1 is 0.978 bits per heavy atom. The van der Waals surface area contributed by atoms with E-state index in [9.17, 15) is 18.4 Å². The second-order valence-electron chi connectivity index (χ2n) is 12.0. The first-order valence-corrected chi connectivity index (χ1v) is 15.6. The molecule has 13 heteroatoms. The molecule has 1 aliphatic heterocycles. The Hall–Kier alpha value is -4.75. The van der Waals surface area contributed by atoms with Crippen LogP contribution in [0.2, 0.25) is 0 Å². The van der Waals surface area contributed by atoms with Crippen LogP contribution in [0.4, 0.5) is 13.6 Å². The lowest BCUT2D eigenvalue weighted by Gasteiger charge is -2.31. The van der Waals surface area contributed by atoms with Crippen LogP contribution >= 0.6 is 11.3 Å². The molecule has 1 fully saturated rings. The molecular weight excluding hydrogens is 614 g/mol. The van der Waals surface area contributed by atoms with Crippen molar-refractivity contribution in [3.05, 3.63) is 101 Å². The van der Waals surface area contributed by atoms with E-state index in [4.69, 9.17) is 9.57 Å². The van der Waals surface area contributed by atoms with Gasteiger partial charge in [0.15, 0.2) is 0 Å². The van der Waals surface area contributed by atoms with Gasteiger partial charge in [0.2, 0.25) is 0 Å². The van der Waals surface area contributed by atoms with Crippen molar-refractivity contribution in [3.63, 3.8) is 0 Å². The second kappa shape index (κ2) is 12.9. The predicted molar refractivity (Wildman–Crippen MR) is 169 cm³/mol. The van der Waals surface area contributed by atoms with Gasteiger partial charge in [-0.1, -0.05) is 18.2 Å². The summed E-state index contributed by atoms with van der Waals surface area (Å²) in [6.45, 7) is 6.72. The second-order valence-corrected chi connectivity index (χ2v) is 13.1. The summed E-state index contributed by atoms with van der Waals surface area (Å²) in [4.78, 5) is 35.5. The third-order valence-electron chi connectivity index (χ3n) is 7.31. The molecule has 10 nitrogen and oxygen atoms in total. The molecule has 0 radical (unpaired) electrons. The Bertz CT molecular complexity index is 1900. The van der Waals surface area contributed by atoms with Crippen LogP contribution in [0.5, 0.6) is 0 Å². The Morgan fingerprint density at radius 3 is 2.48 bits per heavy atom. The molecule has 2 aromatic carbocycles. The van der Waals surface area contributed by atoms with Crippen LogP contribution in [-0.4, -0.2) is 54.5 Å². The topological polar surface area (TPSA) is 104 Å². The number of rotatable bonds is 7. The number of piperidine rings is 1. The van der Waals surface area contributed by atoms with Gasteiger partial charge in [-0.25, -0.2) is 23.2 Å². The van der Waals surface area contributed by atoms with E-state index in [1.807, 2.05) is 47.5 Å². The van der Waals surface area contributed by atoms with Crippen molar-refractivity contribution in [1.82, 2.24) is 29.6 Å². The summed E-state index contributed by atoms with van der Waals surface area (Å²) in [7, 11) is 0. The van der Waals surface area contributed by atoms with Gasteiger partial charge in [0.25, 0.3) is 5.56 Å². The summed E-state index contributed by atoms with van der Waals surface area (Å²) in [5, 5.41) is 11.4. The standard InChI is InChI=1S/C33H32F2N6O4S/c1-33(2,3)44-32(43)45-39-11-9-27(10-12-39)40-20-24(17-37-40)29-18-36-31(46-29)22-6-4-5-21(13-22)19-41-30(42)8-7-28(38-41)23-14-25(34)16-26(35)15-23/h4-8,13-18,20,27H,9-12,19H2,1-3H3. The molecule has 238 valence electrons. The van der Waals surface area contributed by atoms with E-state index in [-0.39, 0.29) is 23.7 Å². The maximum absolute atomic E-state index is 13.8. The lowest BCUT2D eigenvalue weighted by Crippen LogP contribution is -2.38. The van der Waals surface area contributed by atoms with Gasteiger partial charge in [-0.15, -0.1) is 16.4 Å². The van der Waals surface area contributed by atoms with Gasteiger partial charge in [0.1, 0.15) is 22.2 Å². The number of hydrogen-bond donors (Lipinski definition) is 0. The van der Waals surface area contributed by atoms with E-state index in [1.165, 1.54) is 40.3 Å². The van der Waals surface area contributed by atoms with Gasteiger partial charge in [0.05, 0.1) is 29.4 Å². The van der Waals surface area contributed by atoms with Gasteiger partial charge in [-0.3, -0.25) is 9.48 Å². The van der Waals surface area contributed by atoms with Crippen LogP contribution in [0, 0.1) is 11.6 Å². The fourth-order valence-electron chi connectivity index (χ4n) is 5.17. The highest BCUT2D eigenvalue weighted by atomic mass is 32.1. The smallest absolute Gasteiger partial charge is 0.427 e. The van der Waals surface area contributed by atoms with Gasteiger partial charge in [-0.2, -0.15) is 10.2 Å². The van der Waals surface area contributed by atoms with E-state index in [1.54, 1.807) is 25.8 Å². The minimum Gasteiger partial charge on any atom is -0.427 e. The highest BCUT2D eigenvalue weighted by molar-refractivity contribution is 7.18. The molecule has 5 aromatic rings. The van der Waals surface area contributed by atoms with Crippen LogP contribution in [-0.2, 0) is 16.1 Å². The van der Waals surface area contributed by atoms with E-state index in [0.717, 1.165) is 45.5 Å². The normalized spacial score (nSPS) is 14.4. The SMILES string of the molecule is CC(C)(C)OC(=O)ON1CCC(n2cc(-c3cnc(-c4cccc(Cn5nc(-c6cc(F)cc(F)c6)ccc5=O)c4)s3)cn2)CC1. The number of benzene rings is 2. The summed E-state index contributed by atoms with van der Waals surface area (Å²) in [6, 6.07) is 13.8. The maximum Gasteiger partial charge on any atom is 0.528 e. The van der Waals surface area contributed by atoms with Crippen LogP contribution in [0.3, 0.4) is 0 Å². The molecule has 1 saturated heterocycles. The molecule has 0 bridgehead atoms. The summed E-state index contributed by atoms with van der Waals surface area (Å²) >= 11 is 1.53. The van der Waals surface area contributed by atoms with Crippen molar-refractivity contribution in [3.8, 4) is 32.3 Å². The third-order valence-corrected chi connectivity index (χ3v) is 8.41. The molecule has 46 heavy (non-hydrogen) atoms. The minimum atomic E-state index is -0.718. The maximum atomic E-state index is 13.8. The van der Waals surface area contributed by atoms with Gasteiger partial charge >= 0.3 is 6.16 Å². The zero-order chi connectivity index (χ0) is 32.4. The van der Waals surface area contributed by atoms with Gasteiger partial charge in [-0.05, 0) is 63.4 Å². The Morgan fingerprint density at radius 2 is 1.74 bits per heavy atom. The summed E-state index contributed by atoms with van der Waals surface area (Å²) < 4.78 is 36.0. The van der Waals surface area contributed by atoms with Crippen molar-refractivity contribution in [1.29, 1.82) is 0 Å². The average molecular weight is 647 g/mol. The van der Waals surface area contributed by atoms with E-state index >= 15 is 0 Å². The van der Waals surface area contributed by atoms with Crippen molar-refractivity contribution < 1.29 is 23.1 Å². The molecule has 0 amide bonds. The lowest BCUT2D eigenvalue weighted by molar-refractivity contribution is -0.154. The van der Waals surface area contributed by atoms with Crippen molar-refractivity contribution in [2.45, 2.75) is 51.8 Å². The van der Waals surface area contributed by atoms with Crippen molar-refractivity contribution in [2.75, 3.05) is 13.1 Å². The fraction of sp³-hybridized carbons (Fsp3) is 0.303. The molecule has 3 aromatic heterocycles. The minimum absolute atomic E-state index is 0.172. The number of thiazole rings is 1. The number of aromatic nitrogens is 5. The van der Waals surface area contributed by atoms with E-state index < -0.39 is 23.4 Å². The van der Waals surface area contributed by atoms with Gasteiger partial charge < -0.3 is 9.57 Å². The Kier molecular flexibility index (Phi) is 8.78. The average Bonchev–Trinajstić information content (AvgIpc) is 3.68. The number of hydrogen-bond acceptors (Lipinski definition) is 9. The molecule has 0 spiro atoms. The number of ether oxygens (including phenoxy) is 1. The summed E-state index contributed by atoms with van der Waals surface area (Å²) in [6.07, 6.45) is 6.50. The number of carbonyl (C=O) groups is 1. The van der Waals surface area contributed by atoms with E-state index in [0.29, 0.717) is 18.8 Å². The Labute approximate surface area is 267 Å². The highest BCUT2D eigenvalue weighted by Crippen LogP contribution is 2.33. The molecule has 0 saturated carbocycles. The van der Waals surface area contributed by atoms with Crippen molar-refractivity contribution >= 4 is 17.5 Å². The molecule has 0 aliphatic carbocycles. The first-order chi connectivity index (χ1) is 22.0. The molecule has 6 rings (SSSR count). The third kappa shape index (κ3) is 7.54. The first kappa shape index (κ1) is 31.2. The molecule has 0 atom stereocenters. The van der Waals surface area contributed by atoms with Crippen LogP contribution < -0.4 is 5.56 Å². The fourth-order valence-corrected chi connectivity index (χ4v) is 6.06. The number of carbonyl (C=O) groups excluding carboxylic acids is 1. The predicted octanol–water partition coefficient (Wildman–Crippen LogP) is 6.73. The Balaban J connectivity index is 1.11. The molecule has 4 heterocycles. The number of hydroxylamine groups is 2. The van der Waals surface area contributed by atoms with Crippen LogP contribution in [0.15, 0.2) is 78.0 Å². The monoisotopic (exact) mass is 646 g/mol. The van der Waals surface area contributed by atoms with Crippen molar-refractivity contribution in [2.24, 2.45) is 0 Å². The number of nitrogens with zero attached hydrogens (tertiary/aromatic N) is 6.